The highest BCUT2D eigenvalue weighted by atomic mass is 16.2. The van der Waals surface area contributed by atoms with E-state index in [1.54, 1.807) is 17.0 Å². The number of nitrogens with one attached hydrogen (secondary N) is 1. The summed E-state index contributed by atoms with van der Waals surface area (Å²) in [6.45, 7) is 1.36. The third kappa shape index (κ3) is 4.80. The number of anilines is 1. The number of nitrogens with zero attached hydrogens (tertiary/aromatic N) is 5. The standard InChI is InChI=1S/C29H36N6O2/c1-33(2)29(24-9-4-3-5-10-24)15-13-28(14-16-29)21-34(27(37)35(28)19-22-7-6-8-22)20-26(36)32-25-12-11-23(17-30)18-31-25/h3-5,9-12,18,22H,6-8,13-16,19-21H2,1-2H3,(H,31,32,36). The van der Waals surface area contributed by atoms with E-state index in [1.165, 1.54) is 31.0 Å². The first-order valence-electron chi connectivity index (χ1n) is 13.3. The quantitative estimate of drug-likeness (QED) is 0.615. The molecule has 1 aliphatic heterocycles. The fourth-order valence-electron chi connectivity index (χ4n) is 6.40. The van der Waals surface area contributed by atoms with E-state index in [-0.39, 0.29) is 29.6 Å². The molecule has 1 saturated heterocycles. The zero-order chi connectivity index (χ0) is 26.0. The molecule has 8 nitrogen and oxygen atoms in total. The number of amides is 3. The summed E-state index contributed by atoms with van der Waals surface area (Å²) in [5.41, 5.74) is 1.47. The van der Waals surface area contributed by atoms with Gasteiger partial charge in [0, 0.05) is 24.8 Å². The highest BCUT2D eigenvalue weighted by Crippen LogP contribution is 2.49. The summed E-state index contributed by atoms with van der Waals surface area (Å²) in [7, 11) is 4.31. The summed E-state index contributed by atoms with van der Waals surface area (Å²) in [6.07, 6.45) is 8.77. The maximum Gasteiger partial charge on any atom is 0.321 e. The number of pyridine rings is 1. The third-order valence-electron chi connectivity index (χ3n) is 8.89. The fraction of sp³-hybridized carbons (Fsp3) is 0.517. The van der Waals surface area contributed by atoms with Crippen LogP contribution in [-0.4, -0.2) is 70.9 Å². The van der Waals surface area contributed by atoms with Crippen molar-refractivity contribution in [2.24, 2.45) is 5.92 Å². The molecule has 2 aliphatic carbocycles. The predicted molar refractivity (Wildman–Crippen MR) is 142 cm³/mol. The number of aromatic nitrogens is 1. The minimum atomic E-state index is -0.270. The Morgan fingerprint density at radius 2 is 1.86 bits per heavy atom. The van der Waals surface area contributed by atoms with Crippen molar-refractivity contribution in [2.45, 2.75) is 56.0 Å². The Balaban J connectivity index is 1.33. The van der Waals surface area contributed by atoms with Gasteiger partial charge in [-0.25, -0.2) is 9.78 Å². The van der Waals surface area contributed by atoms with Crippen molar-refractivity contribution in [2.75, 3.05) is 39.0 Å². The molecule has 5 rings (SSSR count). The number of carbonyl (C=O) groups is 2. The second kappa shape index (κ2) is 10.1. The molecule has 1 aromatic carbocycles. The normalized spacial score (nSPS) is 25.8. The van der Waals surface area contributed by atoms with Crippen LogP contribution in [-0.2, 0) is 10.3 Å². The molecular formula is C29H36N6O2. The highest BCUT2D eigenvalue weighted by molar-refractivity contribution is 5.94. The molecule has 0 atom stereocenters. The van der Waals surface area contributed by atoms with Gasteiger partial charge in [-0.1, -0.05) is 36.8 Å². The maximum atomic E-state index is 13.7. The van der Waals surface area contributed by atoms with Gasteiger partial charge >= 0.3 is 6.03 Å². The van der Waals surface area contributed by atoms with Crippen molar-refractivity contribution in [1.29, 1.82) is 5.26 Å². The lowest BCUT2D eigenvalue weighted by atomic mass is 9.68. The smallest absolute Gasteiger partial charge is 0.317 e. The Hall–Kier alpha value is -3.44. The van der Waals surface area contributed by atoms with Crippen LogP contribution >= 0.6 is 0 Å². The molecular weight excluding hydrogens is 464 g/mol. The van der Waals surface area contributed by atoms with Gasteiger partial charge in [-0.15, -0.1) is 0 Å². The molecule has 2 heterocycles. The molecule has 3 aliphatic rings. The molecule has 0 bridgehead atoms. The number of rotatable bonds is 7. The van der Waals surface area contributed by atoms with Crippen molar-refractivity contribution in [1.82, 2.24) is 19.7 Å². The van der Waals surface area contributed by atoms with E-state index in [0.717, 1.165) is 32.2 Å². The number of hydrogen-bond donors (Lipinski definition) is 1. The molecule has 37 heavy (non-hydrogen) atoms. The van der Waals surface area contributed by atoms with Gasteiger partial charge in [-0.3, -0.25) is 9.69 Å². The summed E-state index contributed by atoms with van der Waals surface area (Å²) in [5.74, 6) is 0.675. The summed E-state index contributed by atoms with van der Waals surface area (Å²) in [6, 6.07) is 15.9. The minimum absolute atomic E-state index is 0.000933. The first kappa shape index (κ1) is 25.2. The topological polar surface area (TPSA) is 92.6 Å². The van der Waals surface area contributed by atoms with Crippen LogP contribution in [0.15, 0.2) is 48.7 Å². The first-order chi connectivity index (χ1) is 17.8. The summed E-state index contributed by atoms with van der Waals surface area (Å²) in [4.78, 5) is 36.9. The average Bonchev–Trinajstić information content (AvgIpc) is 3.12. The number of nitriles is 1. The Morgan fingerprint density at radius 3 is 2.43 bits per heavy atom. The Labute approximate surface area is 219 Å². The van der Waals surface area contributed by atoms with E-state index in [4.69, 9.17) is 5.26 Å². The Bertz CT molecular complexity index is 1160. The summed E-state index contributed by atoms with van der Waals surface area (Å²) < 4.78 is 0. The monoisotopic (exact) mass is 500 g/mol. The maximum absolute atomic E-state index is 13.7. The molecule has 3 amide bonds. The van der Waals surface area contributed by atoms with Gasteiger partial charge in [0.25, 0.3) is 0 Å². The van der Waals surface area contributed by atoms with Gasteiger partial charge in [-0.05, 0) is 76.2 Å². The molecule has 3 fully saturated rings. The van der Waals surface area contributed by atoms with Gasteiger partial charge in [-0.2, -0.15) is 5.26 Å². The Morgan fingerprint density at radius 1 is 1.14 bits per heavy atom. The van der Waals surface area contributed by atoms with Crippen LogP contribution in [0.3, 0.4) is 0 Å². The van der Waals surface area contributed by atoms with Crippen molar-refractivity contribution < 1.29 is 9.59 Å². The van der Waals surface area contributed by atoms with E-state index >= 15 is 0 Å². The molecule has 2 saturated carbocycles. The second-order valence-corrected chi connectivity index (χ2v) is 11.2. The lowest BCUT2D eigenvalue weighted by Crippen LogP contribution is -2.56. The average molecular weight is 501 g/mol. The van der Waals surface area contributed by atoms with E-state index in [2.05, 4.69) is 64.5 Å². The van der Waals surface area contributed by atoms with Crippen LogP contribution in [0.5, 0.6) is 0 Å². The number of benzene rings is 1. The first-order valence-corrected chi connectivity index (χ1v) is 13.3. The molecule has 0 radical (unpaired) electrons. The number of carbonyl (C=O) groups excluding carboxylic acids is 2. The van der Waals surface area contributed by atoms with Crippen molar-refractivity contribution in [3.05, 3.63) is 59.8 Å². The zero-order valence-electron chi connectivity index (χ0n) is 21.8. The van der Waals surface area contributed by atoms with Gasteiger partial charge in [0.15, 0.2) is 0 Å². The molecule has 8 heteroatoms. The summed E-state index contributed by atoms with van der Waals surface area (Å²) in [5, 5.41) is 11.7. The van der Waals surface area contributed by atoms with Crippen LogP contribution < -0.4 is 5.32 Å². The number of hydrogen-bond acceptors (Lipinski definition) is 5. The van der Waals surface area contributed by atoms with Crippen LogP contribution in [0.2, 0.25) is 0 Å². The molecule has 1 spiro atoms. The van der Waals surface area contributed by atoms with E-state index in [9.17, 15) is 9.59 Å². The Kier molecular flexibility index (Phi) is 6.91. The molecule has 194 valence electrons. The van der Waals surface area contributed by atoms with E-state index in [1.807, 2.05) is 6.07 Å². The largest absolute Gasteiger partial charge is 0.321 e. The van der Waals surface area contributed by atoms with Crippen molar-refractivity contribution >= 4 is 17.8 Å². The second-order valence-electron chi connectivity index (χ2n) is 11.2. The fourth-order valence-corrected chi connectivity index (χ4v) is 6.40. The van der Waals surface area contributed by atoms with Crippen LogP contribution in [0.25, 0.3) is 0 Å². The van der Waals surface area contributed by atoms with Gasteiger partial charge in [0.1, 0.15) is 18.4 Å². The summed E-state index contributed by atoms with van der Waals surface area (Å²) >= 11 is 0. The van der Waals surface area contributed by atoms with Crippen molar-refractivity contribution in [3.8, 4) is 6.07 Å². The SMILES string of the molecule is CN(C)C1(c2ccccc2)CCC2(CC1)CN(CC(=O)Nc1ccc(C#N)cn1)C(=O)N2CC1CCC1. The lowest BCUT2D eigenvalue weighted by molar-refractivity contribution is -0.116. The van der Waals surface area contributed by atoms with Gasteiger partial charge < -0.3 is 15.1 Å². The molecule has 1 aromatic heterocycles. The van der Waals surface area contributed by atoms with Crippen LogP contribution in [0, 0.1) is 17.2 Å². The van der Waals surface area contributed by atoms with Crippen LogP contribution in [0.1, 0.15) is 56.1 Å². The zero-order valence-corrected chi connectivity index (χ0v) is 21.8. The predicted octanol–water partition coefficient (Wildman–Crippen LogP) is 4.20. The van der Waals surface area contributed by atoms with E-state index < -0.39 is 0 Å². The number of urea groups is 1. The third-order valence-corrected chi connectivity index (χ3v) is 8.89. The van der Waals surface area contributed by atoms with Gasteiger partial charge in [0.05, 0.1) is 11.1 Å². The minimum Gasteiger partial charge on any atom is -0.317 e. The molecule has 0 unspecified atom stereocenters. The lowest BCUT2D eigenvalue weighted by Gasteiger charge is -2.51. The molecule has 2 aromatic rings. The van der Waals surface area contributed by atoms with E-state index in [0.29, 0.717) is 23.8 Å². The van der Waals surface area contributed by atoms with Gasteiger partial charge in [0.2, 0.25) is 5.91 Å². The van der Waals surface area contributed by atoms with Crippen LogP contribution in [0.4, 0.5) is 10.6 Å². The van der Waals surface area contributed by atoms with Crippen molar-refractivity contribution in [3.63, 3.8) is 0 Å². The molecule has 1 N–H and O–H groups in total. The highest BCUT2D eigenvalue weighted by Gasteiger charge is 2.55.